The smallest absolute Gasteiger partial charge is 0.247 e. The summed E-state index contributed by atoms with van der Waals surface area (Å²) in [6, 6.07) is 20.5. The van der Waals surface area contributed by atoms with E-state index in [0.717, 1.165) is 29.7 Å². The molecule has 0 bridgehead atoms. The van der Waals surface area contributed by atoms with Crippen LogP contribution in [0.3, 0.4) is 0 Å². The van der Waals surface area contributed by atoms with Crippen molar-refractivity contribution in [1.29, 1.82) is 0 Å². The predicted molar refractivity (Wildman–Crippen MR) is 132 cm³/mol. The largest absolute Gasteiger partial charge is 0.346 e. The lowest BCUT2D eigenvalue weighted by Crippen LogP contribution is -2.66. The van der Waals surface area contributed by atoms with Crippen LogP contribution in [-0.2, 0) is 36.8 Å². The molecular formula is C27H29N5O2. The fourth-order valence-electron chi connectivity index (χ4n) is 5.59. The van der Waals surface area contributed by atoms with Crippen LogP contribution in [0.25, 0.3) is 21.8 Å². The molecule has 0 spiro atoms. The highest BCUT2D eigenvalue weighted by Crippen LogP contribution is 2.25. The van der Waals surface area contributed by atoms with Crippen molar-refractivity contribution in [1.82, 2.24) is 23.8 Å². The Balaban J connectivity index is 1.21. The van der Waals surface area contributed by atoms with Crippen LogP contribution < -0.4 is 0 Å². The normalized spacial score (nSPS) is 19.4. The molecule has 2 aliphatic heterocycles. The molecule has 0 radical (unpaired) electrons. The summed E-state index contributed by atoms with van der Waals surface area (Å²) in [6.45, 7) is 3.31. The molecule has 2 fully saturated rings. The van der Waals surface area contributed by atoms with E-state index in [2.05, 4.69) is 69.6 Å². The van der Waals surface area contributed by atoms with Crippen molar-refractivity contribution in [2.24, 2.45) is 14.1 Å². The summed E-state index contributed by atoms with van der Waals surface area (Å²) in [5.41, 5.74) is 4.60. The van der Waals surface area contributed by atoms with Crippen molar-refractivity contribution in [3.8, 4) is 0 Å². The third-order valence-corrected chi connectivity index (χ3v) is 7.55. The third kappa shape index (κ3) is 3.39. The first-order valence-electron chi connectivity index (χ1n) is 11.9. The molecule has 6 rings (SSSR count). The molecule has 0 aliphatic carbocycles. The molecule has 1 atom stereocenters. The lowest BCUT2D eigenvalue weighted by molar-refractivity contribution is -0.160. The number of rotatable bonds is 4. The Kier molecular flexibility index (Phi) is 4.95. The summed E-state index contributed by atoms with van der Waals surface area (Å²) >= 11 is 0. The average molecular weight is 456 g/mol. The zero-order valence-electron chi connectivity index (χ0n) is 19.6. The summed E-state index contributed by atoms with van der Waals surface area (Å²) < 4.78 is 4.34. The standard InChI is InChI=1S/C27H29N5O2/c1-28-21(13-19-7-3-5-9-23(19)28)15-30-11-12-32-25(17-30)27(34)31(18-26(32)33)16-22-14-20-8-4-6-10-24(20)29(22)2/h3-10,13-14,25H,11-12,15-18H2,1-2H3. The van der Waals surface area contributed by atoms with Gasteiger partial charge in [0.25, 0.3) is 0 Å². The van der Waals surface area contributed by atoms with Crippen molar-refractivity contribution >= 4 is 33.6 Å². The molecule has 2 amide bonds. The number of benzene rings is 2. The Bertz CT molecular complexity index is 1420. The molecule has 2 saturated heterocycles. The molecule has 2 aromatic heterocycles. The lowest BCUT2D eigenvalue weighted by Gasteiger charge is -2.46. The third-order valence-electron chi connectivity index (χ3n) is 7.55. The Hall–Kier alpha value is -3.58. The van der Waals surface area contributed by atoms with E-state index in [0.29, 0.717) is 19.6 Å². The van der Waals surface area contributed by atoms with Crippen LogP contribution in [0.1, 0.15) is 11.4 Å². The minimum atomic E-state index is -0.417. The van der Waals surface area contributed by atoms with Crippen molar-refractivity contribution in [2.75, 3.05) is 26.2 Å². The number of nitrogens with zero attached hydrogens (tertiary/aromatic N) is 5. The predicted octanol–water partition coefficient (Wildman–Crippen LogP) is 2.73. The molecule has 2 aliphatic rings. The van der Waals surface area contributed by atoms with Crippen LogP contribution in [0.2, 0.25) is 0 Å². The number of aryl methyl sites for hydroxylation is 2. The number of para-hydroxylation sites is 2. The van der Waals surface area contributed by atoms with E-state index in [4.69, 9.17) is 0 Å². The Labute approximate surface area is 198 Å². The maximum Gasteiger partial charge on any atom is 0.247 e. The van der Waals surface area contributed by atoms with Gasteiger partial charge in [0.15, 0.2) is 0 Å². The van der Waals surface area contributed by atoms with E-state index in [1.807, 2.05) is 19.2 Å². The molecule has 174 valence electrons. The lowest BCUT2D eigenvalue weighted by atomic mass is 10.1. The molecule has 7 nitrogen and oxygen atoms in total. The minimum Gasteiger partial charge on any atom is -0.346 e. The molecule has 7 heteroatoms. The molecule has 1 unspecified atom stereocenters. The Morgan fingerprint density at radius 2 is 1.38 bits per heavy atom. The number of fused-ring (bicyclic) bond motifs is 3. The second-order valence-corrected chi connectivity index (χ2v) is 9.54. The fraction of sp³-hybridized carbons (Fsp3) is 0.333. The number of aromatic nitrogens is 2. The molecular weight excluding hydrogens is 426 g/mol. The second-order valence-electron chi connectivity index (χ2n) is 9.54. The van der Waals surface area contributed by atoms with Gasteiger partial charge in [-0.15, -0.1) is 0 Å². The number of piperazine rings is 2. The van der Waals surface area contributed by atoms with Crippen molar-refractivity contribution in [3.63, 3.8) is 0 Å². The van der Waals surface area contributed by atoms with Crippen LogP contribution in [0.5, 0.6) is 0 Å². The van der Waals surface area contributed by atoms with Crippen LogP contribution in [0, 0.1) is 0 Å². The number of hydrogen-bond acceptors (Lipinski definition) is 3. The van der Waals surface area contributed by atoms with Gasteiger partial charge in [-0.25, -0.2) is 0 Å². The minimum absolute atomic E-state index is 0.0478. The van der Waals surface area contributed by atoms with Gasteiger partial charge in [-0.1, -0.05) is 36.4 Å². The summed E-state index contributed by atoms with van der Waals surface area (Å²) in [7, 11) is 4.11. The van der Waals surface area contributed by atoms with Gasteiger partial charge in [0.05, 0.1) is 6.54 Å². The van der Waals surface area contributed by atoms with Gasteiger partial charge in [0.2, 0.25) is 11.8 Å². The Morgan fingerprint density at radius 3 is 2.00 bits per heavy atom. The molecule has 4 aromatic rings. The number of amides is 2. The van der Waals surface area contributed by atoms with Crippen molar-refractivity contribution in [3.05, 3.63) is 72.1 Å². The average Bonchev–Trinajstić information content (AvgIpc) is 3.33. The number of carbonyl (C=O) groups excluding carboxylic acids is 2. The molecule has 4 heterocycles. The molecule has 0 N–H and O–H groups in total. The van der Waals surface area contributed by atoms with E-state index in [1.54, 1.807) is 9.80 Å². The fourth-order valence-corrected chi connectivity index (χ4v) is 5.59. The first-order chi connectivity index (χ1) is 16.5. The molecule has 2 aromatic carbocycles. The van der Waals surface area contributed by atoms with E-state index in [1.165, 1.54) is 16.6 Å². The van der Waals surface area contributed by atoms with Crippen molar-refractivity contribution < 1.29 is 9.59 Å². The highest BCUT2D eigenvalue weighted by molar-refractivity contribution is 5.95. The zero-order chi connectivity index (χ0) is 23.4. The number of carbonyl (C=O) groups is 2. The quantitative estimate of drug-likeness (QED) is 0.476. The number of hydrogen-bond donors (Lipinski definition) is 0. The summed E-state index contributed by atoms with van der Waals surface area (Å²) in [6.07, 6.45) is 0. The summed E-state index contributed by atoms with van der Waals surface area (Å²) in [4.78, 5) is 32.3. The Morgan fingerprint density at radius 1 is 0.794 bits per heavy atom. The van der Waals surface area contributed by atoms with Gasteiger partial charge in [0, 0.05) is 62.7 Å². The maximum absolute atomic E-state index is 13.5. The van der Waals surface area contributed by atoms with Crippen LogP contribution in [0.15, 0.2) is 60.7 Å². The summed E-state index contributed by atoms with van der Waals surface area (Å²) in [5.74, 6) is 0.0965. The van der Waals surface area contributed by atoms with Gasteiger partial charge in [-0.3, -0.25) is 14.5 Å². The van der Waals surface area contributed by atoms with Crippen molar-refractivity contribution in [2.45, 2.75) is 19.1 Å². The monoisotopic (exact) mass is 455 g/mol. The highest BCUT2D eigenvalue weighted by atomic mass is 16.2. The first-order valence-corrected chi connectivity index (χ1v) is 11.9. The SMILES string of the molecule is Cn1c(CN2CCN3C(=O)CN(Cc4cc5ccccc5n4C)C(=O)C3C2)cc2ccccc21. The molecule has 0 saturated carbocycles. The van der Waals surface area contributed by atoms with Gasteiger partial charge < -0.3 is 18.9 Å². The maximum atomic E-state index is 13.5. The second kappa shape index (κ2) is 8.02. The highest BCUT2D eigenvalue weighted by Gasteiger charge is 2.42. The van der Waals surface area contributed by atoms with E-state index >= 15 is 0 Å². The van der Waals surface area contributed by atoms with E-state index < -0.39 is 6.04 Å². The van der Waals surface area contributed by atoms with E-state index in [9.17, 15) is 9.59 Å². The van der Waals surface area contributed by atoms with Crippen LogP contribution in [0.4, 0.5) is 0 Å². The molecule has 34 heavy (non-hydrogen) atoms. The van der Waals surface area contributed by atoms with Crippen LogP contribution >= 0.6 is 0 Å². The van der Waals surface area contributed by atoms with Gasteiger partial charge in [-0.2, -0.15) is 0 Å². The first kappa shape index (κ1) is 21.0. The topological polar surface area (TPSA) is 53.7 Å². The summed E-state index contributed by atoms with van der Waals surface area (Å²) in [5, 5.41) is 2.37. The van der Waals surface area contributed by atoms with E-state index in [-0.39, 0.29) is 18.4 Å². The van der Waals surface area contributed by atoms with Gasteiger partial charge in [-0.05, 0) is 35.0 Å². The van der Waals surface area contributed by atoms with Gasteiger partial charge >= 0.3 is 0 Å². The van der Waals surface area contributed by atoms with Crippen LogP contribution in [-0.4, -0.2) is 67.9 Å². The zero-order valence-corrected chi connectivity index (χ0v) is 19.6. The van der Waals surface area contributed by atoms with Gasteiger partial charge in [0.1, 0.15) is 12.6 Å².